The Morgan fingerprint density at radius 1 is 1.35 bits per heavy atom. The van der Waals surface area contributed by atoms with E-state index in [0.29, 0.717) is 10.9 Å². The van der Waals surface area contributed by atoms with Crippen LogP contribution >= 0.6 is 23.6 Å². The average molecular weight is 310 g/mol. The van der Waals surface area contributed by atoms with Crippen molar-refractivity contribution in [2.24, 2.45) is 5.73 Å². The highest BCUT2D eigenvalue weighted by Crippen LogP contribution is 2.42. The Kier molecular flexibility index (Phi) is 4.35. The van der Waals surface area contributed by atoms with Gasteiger partial charge in [0.25, 0.3) is 0 Å². The monoisotopic (exact) mass is 310 g/mol. The lowest BCUT2D eigenvalue weighted by Crippen LogP contribution is -2.45. The molecule has 3 rings (SSSR count). The Bertz CT molecular complexity index is 487. The zero-order valence-electron chi connectivity index (χ0n) is 12.0. The van der Waals surface area contributed by atoms with Crippen LogP contribution in [0.2, 0.25) is 0 Å². The number of aromatic nitrogens is 1. The number of likely N-dealkylation sites (N-methyl/N-ethyl adjacent to an activating group) is 1. The fourth-order valence-electron chi connectivity index (χ4n) is 2.62. The predicted molar refractivity (Wildman–Crippen MR) is 87.6 cm³/mol. The van der Waals surface area contributed by atoms with Crippen molar-refractivity contribution in [3.8, 4) is 0 Å². The van der Waals surface area contributed by atoms with Gasteiger partial charge in [-0.2, -0.15) is 0 Å². The molecule has 0 amide bonds. The van der Waals surface area contributed by atoms with Crippen molar-refractivity contribution in [1.29, 1.82) is 0 Å². The second-order valence-corrected chi connectivity index (χ2v) is 7.38. The third kappa shape index (κ3) is 3.36. The van der Waals surface area contributed by atoms with E-state index in [4.69, 9.17) is 22.9 Å². The van der Waals surface area contributed by atoms with Crippen LogP contribution in [0, 0.1) is 0 Å². The molecule has 6 heteroatoms. The molecule has 1 saturated heterocycles. The van der Waals surface area contributed by atoms with E-state index in [2.05, 4.69) is 16.8 Å². The standard InChI is InChI=1S/C14H22N4S2/c1-17-6-8-18(9-7-17)5-4-11-16-12(10-2-3-10)13(20-11)14(15)19/h10H,2-9H2,1H3,(H2,15,19). The Hall–Kier alpha value is -0.560. The van der Waals surface area contributed by atoms with Gasteiger partial charge in [-0.1, -0.05) is 12.2 Å². The summed E-state index contributed by atoms with van der Waals surface area (Å²) < 4.78 is 0. The first-order chi connectivity index (χ1) is 9.63. The molecule has 1 aromatic heterocycles. The van der Waals surface area contributed by atoms with Crippen molar-refractivity contribution >= 4 is 28.5 Å². The second kappa shape index (κ2) is 6.05. The van der Waals surface area contributed by atoms with Crippen LogP contribution in [0.4, 0.5) is 0 Å². The first-order valence-electron chi connectivity index (χ1n) is 7.34. The van der Waals surface area contributed by atoms with Crippen molar-refractivity contribution in [3.63, 3.8) is 0 Å². The molecule has 1 aliphatic heterocycles. The van der Waals surface area contributed by atoms with Gasteiger partial charge in [-0.25, -0.2) is 4.98 Å². The summed E-state index contributed by atoms with van der Waals surface area (Å²) >= 11 is 6.88. The van der Waals surface area contributed by atoms with Crippen molar-refractivity contribution in [2.45, 2.75) is 25.2 Å². The van der Waals surface area contributed by atoms with Gasteiger partial charge < -0.3 is 15.5 Å². The molecule has 2 heterocycles. The van der Waals surface area contributed by atoms with Gasteiger partial charge in [-0.3, -0.25) is 0 Å². The largest absolute Gasteiger partial charge is 0.389 e. The van der Waals surface area contributed by atoms with Gasteiger partial charge in [0.1, 0.15) is 4.99 Å². The molecule has 2 aliphatic rings. The van der Waals surface area contributed by atoms with E-state index in [1.54, 1.807) is 11.3 Å². The topological polar surface area (TPSA) is 45.4 Å². The van der Waals surface area contributed by atoms with Crippen molar-refractivity contribution in [3.05, 3.63) is 15.6 Å². The van der Waals surface area contributed by atoms with Crippen molar-refractivity contribution in [2.75, 3.05) is 39.8 Å². The van der Waals surface area contributed by atoms with Gasteiger partial charge >= 0.3 is 0 Å². The summed E-state index contributed by atoms with van der Waals surface area (Å²) in [4.78, 5) is 11.3. The van der Waals surface area contributed by atoms with Crippen LogP contribution in [-0.4, -0.2) is 59.5 Å². The van der Waals surface area contributed by atoms with Gasteiger partial charge in [-0.05, 0) is 19.9 Å². The van der Waals surface area contributed by atoms with Crippen LogP contribution in [0.5, 0.6) is 0 Å². The number of rotatable bonds is 5. The lowest BCUT2D eigenvalue weighted by Gasteiger charge is -2.32. The molecule has 1 aromatic rings. The molecule has 1 saturated carbocycles. The smallest absolute Gasteiger partial charge is 0.116 e. The lowest BCUT2D eigenvalue weighted by molar-refractivity contribution is 0.155. The van der Waals surface area contributed by atoms with Crippen LogP contribution in [0.3, 0.4) is 0 Å². The van der Waals surface area contributed by atoms with E-state index in [0.717, 1.165) is 17.8 Å². The molecule has 1 aliphatic carbocycles. The van der Waals surface area contributed by atoms with Gasteiger partial charge in [-0.15, -0.1) is 11.3 Å². The molecular weight excluding hydrogens is 288 g/mol. The number of nitrogens with zero attached hydrogens (tertiary/aromatic N) is 3. The highest BCUT2D eigenvalue weighted by Gasteiger charge is 2.30. The molecule has 110 valence electrons. The zero-order valence-corrected chi connectivity index (χ0v) is 13.6. The summed E-state index contributed by atoms with van der Waals surface area (Å²) in [6.07, 6.45) is 3.52. The lowest BCUT2D eigenvalue weighted by atomic mass is 10.2. The number of nitrogens with two attached hydrogens (primary N) is 1. The first-order valence-corrected chi connectivity index (χ1v) is 8.56. The maximum atomic E-state index is 5.83. The van der Waals surface area contributed by atoms with Gasteiger partial charge in [0.2, 0.25) is 0 Å². The highest BCUT2D eigenvalue weighted by molar-refractivity contribution is 7.81. The molecule has 0 unspecified atom stereocenters. The molecule has 0 aromatic carbocycles. The molecule has 20 heavy (non-hydrogen) atoms. The Balaban J connectivity index is 1.60. The van der Waals surface area contributed by atoms with Crippen LogP contribution in [0.1, 0.15) is 34.3 Å². The fourth-order valence-corrected chi connectivity index (χ4v) is 3.84. The Morgan fingerprint density at radius 3 is 2.65 bits per heavy atom. The molecule has 2 fully saturated rings. The maximum Gasteiger partial charge on any atom is 0.116 e. The van der Waals surface area contributed by atoms with Crippen molar-refractivity contribution < 1.29 is 0 Å². The molecule has 0 atom stereocenters. The SMILES string of the molecule is CN1CCN(CCc2nc(C3CC3)c(C(N)=S)s2)CC1. The van der Waals surface area contributed by atoms with Crippen LogP contribution in [0.15, 0.2) is 0 Å². The van der Waals surface area contributed by atoms with Gasteiger partial charge in [0, 0.05) is 45.1 Å². The number of hydrogen-bond donors (Lipinski definition) is 1. The molecule has 2 N–H and O–H groups in total. The van der Waals surface area contributed by atoms with E-state index < -0.39 is 0 Å². The third-order valence-corrected chi connectivity index (χ3v) is 5.62. The van der Waals surface area contributed by atoms with Crippen LogP contribution in [0.25, 0.3) is 0 Å². The van der Waals surface area contributed by atoms with Crippen LogP contribution in [-0.2, 0) is 6.42 Å². The quantitative estimate of drug-likeness (QED) is 0.834. The summed E-state index contributed by atoms with van der Waals surface area (Å²) in [6.45, 7) is 5.77. The summed E-state index contributed by atoms with van der Waals surface area (Å²) in [7, 11) is 2.19. The van der Waals surface area contributed by atoms with Gasteiger partial charge in [0.05, 0.1) is 15.6 Å². The molecule has 0 bridgehead atoms. The number of piperazine rings is 1. The Labute approximate surface area is 130 Å². The minimum absolute atomic E-state index is 0.523. The second-order valence-electron chi connectivity index (χ2n) is 5.86. The number of thiocarbonyl (C=S) groups is 1. The fraction of sp³-hybridized carbons (Fsp3) is 0.714. The summed E-state index contributed by atoms with van der Waals surface area (Å²) in [6, 6.07) is 0. The number of thiazole rings is 1. The molecular formula is C14H22N4S2. The highest BCUT2D eigenvalue weighted by atomic mass is 32.1. The van der Waals surface area contributed by atoms with E-state index in [-0.39, 0.29) is 0 Å². The van der Waals surface area contributed by atoms with E-state index in [1.807, 2.05) is 0 Å². The summed E-state index contributed by atoms with van der Waals surface area (Å²) in [5.74, 6) is 0.625. The average Bonchev–Trinajstić information content (AvgIpc) is 3.18. The predicted octanol–water partition coefficient (Wildman–Crippen LogP) is 1.44. The summed E-state index contributed by atoms with van der Waals surface area (Å²) in [5, 5.41) is 1.20. The third-order valence-electron chi connectivity index (χ3n) is 4.12. The van der Waals surface area contributed by atoms with E-state index >= 15 is 0 Å². The van der Waals surface area contributed by atoms with Crippen LogP contribution < -0.4 is 5.73 Å². The number of hydrogen-bond acceptors (Lipinski definition) is 5. The maximum absolute atomic E-state index is 5.83. The molecule has 0 spiro atoms. The van der Waals surface area contributed by atoms with E-state index in [9.17, 15) is 0 Å². The van der Waals surface area contributed by atoms with Gasteiger partial charge in [0.15, 0.2) is 0 Å². The Morgan fingerprint density at radius 2 is 2.05 bits per heavy atom. The normalized spacial score (nSPS) is 21.2. The minimum atomic E-state index is 0.523. The van der Waals surface area contributed by atoms with Crippen molar-refractivity contribution in [1.82, 2.24) is 14.8 Å². The summed E-state index contributed by atoms with van der Waals surface area (Å²) in [5.41, 5.74) is 7.01. The van der Waals surface area contributed by atoms with E-state index in [1.165, 1.54) is 49.7 Å². The zero-order chi connectivity index (χ0) is 14.1. The minimum Gasteiger partial charge on any atom is -0.389 e. The molecule has 0 radical (unpaired) electrons. The molecule has 4 nitrogen and oxygen atoms in total. The first kappa shape index (κ1) is 14.4.